The van der Waals surface area contributed by atoms with Crippen molar-refractivity contribution in [1.29, 1.82) is 0 Å². The third kappa shape index (κ3) is 3.38. The van der Waals surface area contributed by atoms with Gasteiger partial charge in [-0.25, -0.2) is 8.42 Å². The van der Waals surface area contributed by atoms with Crippen molar-refractivity contribution in [2.45, 2.75) is 48.5 Å². The zero-order valence-corrected chi connectivity index (χ0v) is 16.5. The minimum absolute atomic E-state index is 0.0978. The summed E-state index contributed by atoms with van der Waals surface area (Å²) in [6.45, 7) is -0.886. The van der Waals surface area contributed by atoms with Crippen LogP contribution in [-0.2, 0) is 39.8 Å². The van der Waals surface area contributed by atoms with Gasteiger partial charge in [0, 0.05) is 13.1 Å². The van der Waals surface area contributed by atoms with Crippen molar-refractivity contribution in [1.82, 2.24) is 4.31 Å². The van der Waals surface area contributed by atoms with Gasteiger partial charge in [0.1, 0.15) is 0 Å². The lowest BCUT2D eigenvalue weighted by Crippen LogP contribution is -2.63. The van der Waals surface area contributed by atoms with Crippen molar-refractivity contribution >= 4 is 39.8 Å². The van der Waals surface area contributed by atoms with Gasteiger partial charge in [-0.2, -0.15) is 30.6 Å². The van der Waals surface area contributed by atoms with Crippen molar-refractivity contribution < 1.29 is 39.3 Å². The van der Waals surface area contributed by atoms with Crippen LogP contribution in [0.3, 0.4) is 0 Å². The molecule has 0 radical (unpaired) electrons. The number of nitrogens with zero attached hydrogens (tertiary/aromatic N) is 1. The van der Waals surface area contributed by atoms with Crippen LogP contribution in [-0.4, -0.2) is 46.8 Å². The second kappa shape index (κ2) is 6.94. The first-order valence-electron chi connectivity index (χ1n) is 7.67. The third-order valence-corrected chi connectivity index (χ3v) is 9.05. The minimum atomic E-state index is -6.46. The molecule has 154 valence electrons. The summed E-state index contributed by atoms with van der Waals surface area (Å²) in [6, 6.07) is 0. The molecule has 26 heavy (non-hydrogen) atoms. The highest BCUT2D eigenvalue weighted by Crippen LogP contribution is 2.52. The van der Waals surface area contributed by atoms with Gasteiger partial charge < -0.3 is 4.55 Å². The molecule has 1 aliphatic carbocycles. The van der Waals surface area contributed by atoms with Crippen LogP contribution in [0.5, 0.6) is 0 Å². The molecule has 1 aliphatic heterocycles. The fourth-order valence-electron chi connectivity index (χ4n) is 3.44. The Morgan fingerprint density at radius 3 is 1.88 bits per heavy atom. The van der Waals surface area contributed by atoms with Gasteiger partial charge in [-0.1, -0.05) is 19.3 Å². The fourth-order valence-corrected chi connectivity index (χ4v) is 6.10. The Bertz CT molecular complexity index is 755. The molecule has 1 heterocycles. The third-order valence-electron chi connectivity index (χ3n) is 4.97. The van der Waals surface area contributed by atoms with Gasteiger partial charge in [-0.15, -0.1) is 0 Å². The Morgan fingerprint density at radius 2 is 1.38 bits per heavy atom. The van der Waals surface area contributed by atoms with E-state index in [4.69, 9.17) is 4.55 Å². The maximum atomic E-state index is 14.2. The van der Waals surface area contributed by atoms with E-state index in [1.54, 1.807) is 0 Å². The number of fused-ring (bicyclic) bond motifs is 1. The highest BCUT2D eigenvalue weighted by Gasteiger charge is 2.80. The highest BCUT2D eigenvalue weighted by atomic mass is 33.1. The van der Waals surface area contributed by atoms with Gasteiger partial charge in [0.2, 0.25) is 0 Å². The Morgan fingerprint density at radius 1 is 0.885 bits per heavy atom. The van der Waals surface area contributed by atoms with Crippen LogP contribution < -0.4 is 0 Å². The van der Waals surface area contributed by atoms with E-state index in [1.165, 1.54) is 0 Å². The van der Waals surface area contributed by atoms with Crippen LogP contribution in [0.25, 0.3) is 0 Å². The van der Waals surface area contributed by atoms with Gasteiger partial charge in [0.05, 0.1) is 7.43 Å². The number of hydrogen-bond donors (Lipinski definition) is 1. The van der Waals surface area contributed by atoms with Gasteiger partial charge in [0.25, 0.3) is 10.0 Å². The van der Waals surface area contributed by atoms with E-state index in [0.717, 1.165) is 19.3 Å². The van der Waals surface area contributed by atoms with Crippen LogP contribution in [0.1, 0.15) is 32.1 Å². The van der Waals surface area contributed by atoms with Crippen molar-refractivity contribution in [3.05, 3.63) is 0 Å². The zero-order valence-electron chi connectivity index (χ0n) is 13.2. The van der Waals surface area contributed by atoms with E-state index in [1.807, 2.05) is 0 Å². The molecule has 4 nitrogen and oxygen atoms in total. The second-order valence-corrected chi connectivity index (χ2v) is 13.5. The first-order valence-corrected chi connectivity index (χ1v) is 12.6. The summed E-state index contributed by atoms with van der Waals surface area (Å²) in [7, 11) is -11.5. The lowest BCUT2D eigenvalue weighted by molar-refractivity contribution is -0.244. The Labute approximate surface area is 157 Å². The molecule has 2 atom stereocenters. The number of hydrogen-bond acceptors (Lipinski definition) is 4. The monoisotopic (exact) mass is 465 g/mol. The molecule has 0 aromatic heterocycles. The van der Waals surface area contributed by atoms with E-state index in [9.17, 15) is 34.8 Å². The summed E-state index contributed by atoms with van der Waals surface area (Å²) in [5.74, 6) is -6.64. The molecule has 0 aromatic carbocycles. The molecule has 0 spiro atoms. The normalized spacial score (nSPS) is 27.2. The van der Waals surface area contributed by atoms with E-state index in [0.29, 0.717) is 6.42 Å². The summed E-state index contributed by atoms with van der Waals surface area (Å²) in [6.07, 6.45) is 3.19. The van der Waals surface area contributed by atoms with E-state index in [-0.39, 0.29) is 22.6 Å². The van der Waals surface area contributed by atoms with Gasteiger partial charge in [-0.3, -0.25) is 0 Å². The average Bonchev–Trinajstić information content (AvgIpc) is 2.52. The molecule has 1 saturated carbocycles. The first kappa shape index (κ1) is 22.5. The Kier molecular flexibility index (Phi) is 6.01. The van der Waals surface area contributed by atoms with Crippen molar-refractivity contribution in [2.24, 2.45) is 11.8 Å². The van der Waals surface area contributed by atoms with Crippen molar-refractivity contribution in [2.75, 3.05) is 13.1 Å². The topological polar surface area (TPSA) is 57.6 Å². The number of halogens is 6. The second-order valence-electron chi connectivity index (χ2n) is 6.54. The Balaban J connectivity index is 2.37. The minimum Gasteiger partial charge on any atom is -0.321 e. The van der Waals surface area contributed by atoms with Crippen LogP contribution in [0.4, 0.5) is 26.3 Å². The molecule has 1 N–H and O–H groups in total. The van der Waals surface area contributed by atoms with Gasteiger partial charge >= 0.3 is 16.4 Å². The average molecular weight is 466 g/mol. The predicted molar refractivity (Wildman–Crippen MR) is 90.1 cm³/mol. The van der Waals surface area contributed by atoms with E-state index in [2.05, 4.69) is 22.4 Å². The zero-order chi connectivity index (χ0) is 20.2. The molecule has 2 unspecified atom stereocenters. The molecule has 0 amide bonds. The van der Waals surface area contributed by atoms with Crippen molar-refractivity contribution in [3.8, 4) is 0 Å². The molecule has 0 aromatic rings. The number of sulfonamides is 1. The van der Waals surface area contributed by atoms with E-state index >= 15 is 0 Å². The van der Waals surface area contributed by atoms with Crippen LogP contribution in [0, 0.1) is 11.8 Å². The SMILES string of the molecule is O=S(=O)(N1CCC2CCCCC2C1)C(F)(F)C(F)(F)C(F)(F)S(O)(=S)=S. The quantitative estimate of drug-likeness (QED) is 0.632. The van der Waals surface area contributed by atoms with Crippen LogP contribution in [0.2, 0.25) is 0 Å². The molecule has 1 saturated heterocycles. The smallest absolute Gasteiger partial charge is 0.321 e. The molecule has 2 fully saturated rings. The number of alkyl halides is 6. The molecule has 14 heteroatoms. The van der Waals surface area contributed by atoms with Gasteiger partial charge in [-0.05, 0) is 47.1 Å². The molecule has 0 bridgehead atoms. The summed E-state index contributed by atoms with van der Waals surface area (Å²) < 4.78 is 117. The van der Waals surface area contributed by atoms with Crippen LogP contribution in [0.15, 0.2) is 0 Å². The fraction of sp³-hybridized carbons (Fsp3) is 1.00. The first-order chi connectivity index (χ1) is 11.6. The lowest BCUT2D eigenvalue weighted by Gasteiger charge is -2.42. The lowest BCUT2D eigenvalue weighted by atomic mass is 9.76. The van der Waals surface area contributed by atoms with Gasteiger partial charge in [0.15, 0.2) is 0 Å². The van der Waals surface area contributed by atoms with Crippen LogP contribution >= 0.6 is 0 Å². The molecule has 2 aliphatic rings. The molecular weight excluding hydrogens is 448 g/mol. The molecular formula is C12H17F6NO3S4. The summed E-state index contributed by atoms with van der Waals surface area (Å²) >= 11 is 7.35. The maximum Gasteiger partial charge on any atom is 0.428 e. The summed E-state index contributed by atoms with van der Waals surface area (Å²) in [4.78, 5) is 0. The summed E-state index contributed by atoms with van der Waals surface area (Å²) in [5, 5.41) is -12.1. The van der Waals surface area contributed by atoms with E-state index < -0.39 is 47.0 Å². The summed E-state index contributed by atoms with van der Waals surface area (Å²) in [5.41, 5.74) is 0. The molecule has 2 rings (SSSR count). The van der Waals surface area contributed by atoms with Crippen molar-refractivity contribution in [3.63, 3.8) is 0 Å². The number of piperidine rings is 1. The Hall–Kier alpha value is 0.240. The predicted octanol–water partition coefficient (Wildman–Crippen LogP) is 3.20. The largest absolute Gasteiger partial charge is 0.428 e. The maximum absolute atomic E-state index is 14.2. The standard InChI is InChI=1S/C12H17F6NO3S4/c13-10(14,12(17,18)26(22,23)24)11(15,16)25(20,21)19-6-5-8-3-1-2-4-9(8)7-19/h8-9H,1-7H2,(H,22,23,24). The number of rotatable bonds is 5. The highest BCUT2D eigenvalue weighted by molar-refractivity contribution is 8.54.